The van der Waals surface area contributed by atoms with Crippen molar-refractivity contribution in [1.29, 1.82) is 0 Å². The summed E-state index contributed by atoms with van der Waals surface area (Å²) in [6.45, 7) is 1.72. The number of rotatable bonds is 9. The Balaban J connectivity index is 1.90. The largest absolute Gasteiger partial charge is 0.497 e. The van der Waals surface area contributed by atoms with E-state index in [9.17, 15) is 14.9 Å². The van der Waals surface area contributed by atoms with Gasteiger partial charge in [0.15, 0.2) is 11.5 Å². The van der Waals surface area contributed by atoms with Gasteiger partial charge >= 0.3 is 0 Å². The predicted octanol–water partition coefficient (Wildman–Crippen LogP) is 4.92. The number of aromatic amines is 1. The van der Waals surface area contributed by atoms with E-state index in [1.165, 1.54) is 50.3 Å². The third kappa shape index (κ3) is 4.94. The molecule has 0 amide bonds. The zero-order valence-electron chi connectivity index (χ0n) is 21.5. The van der Waals surface area contributed by atoms with Gasteiger partial charge in [-0.2, -0.15) is 0 Å². The van der Waals surface area contributed by atoms with Crippen LogP contribution in [0.2, 0.25) is 0 Å². The molecule has 0 fully saturated rings. The quantitative estimate of drug-likeness (QED) is 0.189. The molecule has 0 aliphatic rings. The smallest absolute Gasteiger partial charge is 0.280 e. The van der Waals surface area contributed by atoms with Gasteiger partial charge in [-0.3, -0.25) is 25.0 Å². The van der Waals surface area contributed by atoms with E-state index in [-0.39, 0.29) is 11.2 Å². The molecule has 0 unspecified atom stereocenters. The average molecular weight is 519 g/mol. The molecular formula is C27H26N4O7. The fourth-order valence-corrected chi connectivity index (χ4v) is 4.03. The van der Waals surface area contributed by atoms with Crippen LogP contribution in [-0.4, -0.2) is 48.9 Å². The van der Waals surface area contributed by atoms with E-state index in [4.69, 9.17) is 23.9 Å². The number of nitro benzene ring substituents is 1. The van der Waals surface area contributed by atoms with Crippen LogP contribution in [0.4, 0.5) is 11.4 Å². The van der Waals surface area contributed by atoms with Crippen LogP contribution in [0.3, 0.4) is 0 Å². The molecule has 0 aliphatic carbocycles. The molecule has 11 nitrogen and oxygen atoms in total. The number of H-pyrrole nitrogens is 1. The lowest BCUT2D eigenvalue weighted by Gasteiger charge is -2.13. The molecule has 3 aromatic carbocycles. The zero-order valence-corrected chi connectivity index (χ0v) is 21.5. The van der Waals surface area contributed by atoms with Crippen LogP contribution in [0.25, 0.3) is 16.9 Å². The SMILES string of the molecule is COc1ccc(-c2[nH]n(-c3ccc([N+](=O)[O-])cc3)c(=O)c2C(C)=Nc2cc(OC)c(OC)c(OC)c2)cc1. The zero-order chi connectivity index (χ0) is 27.4. The highest BCUT2D eigenvalue weighted by atomic mass is 16.6. The first-order valence-corrected chi connectivity index (χ1v) is 11.4. The summed E-state index contributed by atoms with van der Waals surface area (Å²) >= 11 is 0. The van der Waals surface area contributed by atoms with E-state index in [0.717, 1.165) is 5.56 Å². The van der Waals surface area contributed by atoms with Gasteiger partial charge in [0.25, 0.3) is 11.2 Å². The molecule has 4 rings (SSSR count). The Morgan fingerprint density at radius 1 is 0.895 bits per heavy atom. The molecule has 0 saturated heterocycles. The molecule has 0 radical (unpaired) electrons. The van der Waals surface area contributed by atoms with E-state index in [2.05, 4.69) is 5.10 Å². The minimum absolute atomic E-state index is 0.0795. The van der Waals surface area contributed by atoms with Crippen LogP contribution in [-0.2, 0) is 0 Å². The number of non-ortho nitro benzene ring substituents is 1. The molecular weight excluding hydrogens is 492 g/mol. The Labute approximate surface area is 218 Å². The number of nitrogens with one attached hydrogen (secondary N) is 1. The van der Waals surface area contributed by atoms with Crippen molar-refractivity contribution in [3.63, 3.8) is 0 Å². The Kier molecular flexibility index (Phi) is 7.47. The maximum atomic E-state index is 13.7. The Hall–Kier alpha value is -5.06. The van der Waals surface area contributed by atoms with Gasteiger partial charge < -0.3 is 18.9 Å². The second-order valence-electron chi connectivity index (χ2n) is 8.09. The lowest BCUT2D eigenvalue weighted by atomic mass is 10.0. The molecule has 0 spiro atoms. The normalized spacial score (nSPS) is 11.2. The first kappa shape index (κ1) is 26.0. The number of ether oxygens (including phenoxy) is 4. The van der Waals surface area contributed by atoms with Gasteiger partial charge in [0.2, 0.25) is 5.75 Å². The highest BCUT2D eigenvalue weighted by Gasteiger charge is 2.21. The van der Waals surface area contributed by atoms with Gasteiger partial charge in [-0.25, -0.2) is 4.68 Å². The summed E-state index contributed by atoms with van der Waals surface area (Å²) in [6, 6.07) is 16.3. The lowest BCUT2D eigenvalue weighted by molar-refractivity contribution is -0.384. The van der Waals surface area contributed by atoms with Crippen molar-refractivity contribution >= 4 is 17.1 Å². The van der Waals surface area contributed by atoms with E-state index in [1.54, 1.807) is 38.3 Å². The second-order valence-corrected chi connectivity index (χ2v) is 8.09. The number of benzene rings is 3. The highest BCUT2D eigenvalue weighted by molar-refractivity contribution is 6.05. The van der Waals surface area contributed by atoms with Crippen molar-refractivity contribution in [2.24, 2.45) is 4.99 Å². The maximum Gasteiger partial charge on any atom is 0.280 e. The second kappa shape index (κ2) is 10.9. The maximum absolute atomic E-state index is 13.7. The van der Waals surface area contributed by atoms with Crippen molar-refractivity contribution in [1.82, 2.24) is 9.78 Å². The predicted molar refractivity (Wildman–Crippen MR) is 143 cm³/mol. The number of aliphatic imine (C=N–C) groups is 1. The molecule has 4 aromatic rings. The van der Waals surface area contributed by atoms with Crippen LogP contribution < -0.4 is 24.5 Å². The Morgan fingerprint density at radius 3 is 2.00 bits per heavy atom. The molecule has 0 aliphatic heterocycles. The summed E-state index contributed by atoms with van der Waals surface area (Å²) in [7, 11) is 6.10. The number of nitro groups is 1. The van der Waals surface area contributed by atoms with Crippen LogP contribution in [0.5, 0.6) is 23.0 Å². The lowest BCUT2D eigenvalue weighted by Crippen LogP contribution is -2.19. The summed E-state index contributed by atoms with van der Waals surface area (Å²) in [6.07, 6.45) is 0. The van der Waals surface area contributed by atoms with Crippen LogP contribution >= 0.6 is 0 Å². The Morgan fingerprint density at radius 2 is 1.50 bits per heavy atom. The molecule has 0 bridgehead atoms. The summed E-state index contributed by atoms with van der Waals surface area (Å²) in [4.78, 5) is 29.0. The number of hydrogen-bond acceptors (Lipinski definition) is 8. The van der Waals surface area contributed by atoms with E-state index >= 15 is 0 Å². The summed E-state index contributed by atoms with van der Waals surface area (Å²) in [5.41, 5.74) is 2.45. The van der Waals surface area contributed by atoms with Gasteiger partial charge in [0.1, 0.15) is 5.75 Å². The minimum atomic E-state index is -0.496. The molecule has 38 heavy (non-hydrogen) atoms. The van der Waals surface area contributed by atoms with Gasteiger partial charge in [0.05, 0.1) is 61.7 Å². The molecule has 1 N–H and O–H groups in total. The van der Waals surface area contributed by atoms with Crippen LogP contribution in [0.15, 0.2) is 70.5 Å². The molecule has 196 valence electrons. The van der Waals surface area contributed by atoms with Gasteiger partial charge in [0, 0.05) is 29.8 Å². The topological polar surface area (TPSA) is 130 Å². The van der Waals surface area contributed by atoms with E-state index in [1.807, 2.05) is 12.1 Å². The van der Waals surface area contributed by atoms with E-state index < -0.39 is 4.92 Å². The van der Waals surface area contributed by atoms with Gasteiger partial charge in [-0.15, -0.1) is 0 Å². The van der Waals surface area contributed by atoms with Crippen LogP contribution in [0.1, 0.15) is 12.5 Å². The monoisotopic (exact) mass is 518 g/mol. The molecule has 1 heterocycles. The van der Waals surface area contributed by atoms with Gasteiger partial charge in [-0.05, 0) is 43.3 Å². The molecule has 0 atom stereocenters. The third-order valence-electron chi connectivity index (χ3n) is 5.90. The van der Waals surface area contributed by atoms with Crippen molar-refractivity contribution in [2.75, 3.05) is 28.4 Å². The van der Waals surface area contributed by atoms with Crippen molar-refractivity contribution < 1.29 is 23.9 Å². The van der Waals surface area contributed by atoms with Crippen molar-refractivity contribution in [3.05, 3.63) is 86.7 Å². The van der Waals surface area contributed by atoms with Crippen LogP contribution in [0, 0.1) is 10.1 Å². The number of nitrogens with zero attached hydrogens (tertiary/aromatic N) is 3. The number of hydrogen-bond donors (Lipinski definition) is 1. The summed E-state index contributed by atoms with van der Waals surface area (Å²) in [5.74, 6) is 1.93. The van der Waals surface area contributed by atoms with Crippen molar-refractivity contribution in [2.45, 2.75) is 6.92 Å². The standard InChI is InChI=1S/C27H26N4O7/c1-16(28-18-14-22(36-3)26(38-5)23(15-18)37-4)24-25(17-6-12-21(35-2)13-7-17)29-30(27(24)32)19-8-10-20(11-9-19)31(33)34/h6-15,29H,1-5H3. The number of methoxy groups -OCH3 is 4. The highest BCUT2D eigenvalue weighted by Crippen LogP contribution is 2.41. The third-order valence-corrected chi connectivity index (χ3v) is 5.90. The fourth-order valence-electron chi connectivity index (χ4n) is 4.03. The van der Waals surface area contributed by atoms with E-state index in [0.29, 0.717) is 51.3 Å². The van der Waals surface area contributed by atoms with Crippen molar-refractivity contribution in [3.8, 4) is 39.9 Å². The summed E-state index contributed by atoms with van der Waals surface area (Å²) in [5, 5.41) is 14.2. The molecule has 11 heteroatoms. The molecule has 0 saturated carbocycles. The molecule has 1 aromatic heterocycles. The summed E-state index contributed by atoms with van der Waals surface area (Å²) < 4.78 is 22.8. The first-order valence-electron chi connectivity index (χ1n) is 11.4. The Bertz CT molecular complexity index is 1530. The average Bonchev–Trinajstić information content (AvgIpc) is 3.29. The fraction of sp³-hybridized carbons (Fsp3) is 0.185. The van der Waals surface area contributed by atoms with Gasteiger partial charge in [-0.1, -0.05) is 0 Å². The number of aromatic nitrogens is 2. The first-order chi connectivity index (χ1) is 18.3. The minimum Gasteiger partial charge on any atom is -0.497 e.